The maximum atomic E-state index is 11.6. The van der Waals surface area contributed by atoms with Crippen LogP contribution in [0.5, 0.6) is 0 Å². The first-order valence-electron chi connectivity index (χ1n) is 6.25. The number of aromatic carboxylic acids is 1. The van der Waals surface area contributed by atoms with Crippen LogP contribution in [0.3, 0.4) is 0 Å². The number of hydrogen-bond donors (Lipinski definition) is 2. The van der Waals surface area contributed by atoms with Crippen molar-refractivity contribution < 1.29 is 19.1 Å². The number of rotatable bonds is 4. The first-order chi connectivity index (χ1) is 9.51. The molecule has 2 N–H and O–H groups in total. The van der Waals surface area contributed by atoms with Crippen LogP contribution in [0.1, 0.15) is 29.5 Å². The highest BCUT2D eigenvalue weighted by atomic mass is 16.4. The smallest absolute Gasteiger partial charge is 0.371 e. The highest BCUT2D eigenvalue weighted by Gasteiger charge is 2.14. The van der Waals surface area contributed by atoms with Gasteiger partial charge in [0.1, 0.15) is 5.76 Å². The van der Waals surface area contributed by atoms with E-state index in [0.717, 1.165) is 5.56 Å². The molecule has 0 saturated carbocycles. The Balaban J connectivity index is 2.43. The van der Waals surface area contributed by atoms with Gasteiger partial charge in [0.15, 0.2) is 0 Å². The number of carbonyl (C=O) groups excluding carboxylic acids is 1. The molecular weight excluding hydrogens is 258 g/mol. The molecular formula is C15H15NO4. The van der Waals surface area contributed by atoms with E-state index in [1.165, 1.54) is 6.07 Å². The number of hydrogen-bond acceptors (Lipinski definition) is 3. The Hall–Kier alpha value is -2.56. The second kappa shape index (κ2) is 5.61. The van der Waals surface area contributed by atoms with Gasteiger partial charge in [0.2, 0.25) is 11.7 Å². The molecule has 1 heterocycles. The summed E-state index contributed by atoms with van der Waals surface area (Å²) in [6, 6.07) is 8.47. The highest BCUT2D eigenvalue weighted by molar-refractivity contribution is 5.95. The lowest BCUT2D eigenvalue weighted by atomic mass is 10.1. The van der Waals surface area contributed by atoms with Crippen LogP contribution in [0.2, 0.25) is 0 Å². The number of furan rings is 1. The van der Waals surface area contributed by atoms with Crippen LogP contribution < -0.4 is 5.32 Å². The molecule has 0 saturated heterocycles. The Morgan fingerprint density at radius 1 is 1.25 bits per heavy atom. The molecule has 0 radical (unpaired) electrons. The molecule has 1 aromatic carbocycles. The Morgan fingerprint density at radius 3 is 2.60 bits per heavy atom. The third-order valence-electron chi connectivity index (χ3n) is 2.85. The summed E-state index contributed by atoms with van der Waals surface area (Å²) in [6.07, 6.45) is 0.367. The minimum Gasteiger partial charge on any atom is -0.475 e. The van der Waals surface area contributed by atoms with Crippen molar-refractivity contribution in [2.75, 3.05) is 5.32 Å². The lowest BCUT2D eigenvalue weighted by Gasteiger charge is -2.10. The number of aryl methyl sites for hydroxylation is 1. The topological polar surface area (TPSA) is 79.5 Å². The van der Waals surface area contributed by atoms with Gasteiger partial charge in [0.25, 0.3) is 0 Å². The van der Waals surface area contributed by atoms with E-state index >= 15 is 0 Å². The minimum absolute atomic E-state index is 0.109. The molecule has 1 amide bonds. The van der Waals surface area contributed by atoms with E-state index in [1.807, 2.05) is 19.1 Å². The normalized spacial score (nSPS) is 10.3. The van der Waals surface area contributed by atoms with Crippen LogP contribution >= 0.6 is 0 Å². The van der Waals surface area contributed by atoms with Crippen LogP contribution in [0, 0.1) is 6.92 Å². The Bertz CT molecular complexity index is 658. The first kappa shape index (κ1) is 13.9. The number of benzene rings is 1. The van der Waals surface area contributed by atoms with E-state index in [9.17, 15) is 9.59 Å². The van der Waals surface area contributed by atoms with Gasteiger partial charge in [0, 0.05) is 12.0 Å². The largest absolute Gasteiger partial charge is 0.475 e. The predicted molar refractivity (Wildman–Crippen MR) is 74.8 cm³/mol. The van der Waals surface area contributed by atoms with Gasteiger partial charge < -0.3 is 14.8 Å². The zero-order chi connectivity index (χ0) is 14.7. The zero-order valence-corrected chi connectivity index (χ0v) is 11.3. The van der Waals surface area contributed by atoms with E-state index in [-0.39, 0.29) is 11.7 Å². The SMILES string of the molecule is CCC(=O)Nc1cc(C)ccc1-c1ccc(C(=O)O)o1. The highest BCUT2D eigenvalue weighted by Crippen LogP contribution is 2.30. The van der Waals surface area contributed by atoms with E-state index in [1.54, 1.807) is 19.1 Å². The maximum Gasteiger partial charge on any atom is 0.371 e. The van der Waals surface area contributed by atoms with E-state index in [2.05, 4.69) is 5.32 Å². The predicted octanol–water partition coefficient (Wildman–Crippen LogP) is 3.30. The van der Waals surface area contributed by atoms with E-state index < -0.39 is 5.97 Å². The summed E-state index contributed by atoms with van der Waals surface area (Å²) in [5, 5.41) is 11.7. The third-order valence-corrected chi connectivity index (χ3v) is 2.85. The molecule has 0 unspecified atom stereocenters. The zero-order valence-electron chi connectivity index (χ0n) is 11.3. The number of anilines is 1. The number of carboxylic acid groups (broad SMARTS) is 1. The van der Waals surface area contributed by atoms with Crippen molar-refractivity contribution in [1.82, 2.24) is 0 Å². The molecule has 0 bridgehead atoms. The van der Waals surface area contributed by atoms with Gasteiger partial charge in [-0.2, -0.15) is 0 Å². The fraction of sp³-hybridized carbons (Fsp3) is 0.200. The molecule has 2 rings (SSSR count). The summed E-state index contributed by atoms with van der Waals surface area (Å²) in [7, 11) is 0. The lowest BCUT2D eigenvalue weighted by molar-refractivity contribution is -0.115. The van der Waals surface area contributed by atoms with Gasteiger partial charge in [-0.15, -0.1) is 0 Å². The number of carboxylic acids is 1. The van der Waals surface area contributed by atoms with Gasteiger partial charge in [-0.3, -0.25) is 4.79 Å². The van der Waals surface area contributed by atoms with Crippen LogP contribution in [-0.2, 0) is 4.79 Å². The van der Waals surface area contributed by atoms with Crippen molar-refractivity contribution in [3.8, 4) is 11.3 Å². The molecule has 5 nitrogen and oxygen atoms in total. The Morgan fingerprint density at radius 2 is 2.00 bits per heavy atom. The fourth-order valence-corrected chi connectivity index (χ4v) is 1.81. The molecule has 0 aliphatic carbocycles. The van der Waals surface area contributed by atoms with E-state index in [0.29, 0.717) is 23.4 Å². The average molecular weight is 273 g/mol. The molecule has 0 atom stereocenters. The summed E-state index contributed by atoms with van der Waals surface area (Å²) >= 11 is 0. The number of nitrogens with one attached hydrogen (secondary N) is 1. The van der Waals surface area contributed by atoms with Crippen molar-refractivity contribution in [3.05, 3.63) is 41.7 Å². The van der Waals surface area contributed by atoms with Crippen LogP contribution in [0.15, 0.2) is 34.7 Å². The molecule has 0 fully saturated rings. The Labute approximate surface area is 116 Å². The Kier molecular flexibility index (Phi) is 3.89. The molecule has 1 aromatic heterocycles. The van der Waals surface area contributed by atoms with Gasteiger partial charge in [-0.25, -0.2) is 4.79 Å². The molecule has 0 spiro atoms. The summed E-state index contributed by atoms with van der Waals surface area (Å²) < 4.78 is 5.28. The van der Waals surface area contributed by atoms with Gasteiger partial charge in [-0.05, 0) is 36.8 Å². The average Bonchev–Trinajstić information content (AvgIpc) is 2.88. The molecule has 0 aliphatic heterocycles. The van der Waals surface area contributed by atoms with Crippen molar-refractivity contribution in [1.29, 1.82) is 0 Å². The maximum absolute atomic E-state index is 11.6. The molecule has 0 aliphatic rings. The van der Waals surface area contributed by atoms with Crippen LogP contribution in [-0.4, -0.2) is 17.0 Å². The lowest BCUT2D eigenvalue weighted by Crippen LogP contribution is -2.10. The second-order valence-electron chi connectivity index (χ2n) is 4.42. The first-order valence-corrected chi connectivity index (χ1v) is 6.25. The van der Waals surface area contributed by atoms with Gasteiger partial charge in [-0.1, -0.05) is 13.0 Å². The van der Waals surface area contributed by atoms with Crippen LogP contribution in [0.25, 0.3) is 11.3 Å². The fourth-order valence-electron chi connectivity index (χ4n) is 1.81. The summed E-state index contributed by atoms with van der Waals surface area (Å²) in [6.45, 7) is 3.68. The van der Waals surface area contributed by atoms with Gasteiger partial charge >= 0.3 is 5.97 Å². The summed E-state index contributed by atoms with van der Waals surface area (Å²) in [4.78, 5) is 22.4. The number of carbonyl (C=O) groups is 2. The quantitative estimate of drug-likeness (QED) is 0.895. The van der Waals surface area contributed by atoms with Crippen LogP contribution in [0.4, 0.5) is 5.69 Å². The van der Waals surface area contributed by atoms with Crippen molar-refractivity contribution >= 4 is 17.6 Å². The second-order valence-corrected chi connectivity index (χ2v) is 4.42. The van der Waals surface area contributed by atoms with Crippen molar-refractivity contribution in [3.63, 3.8) is 0 Å². The number of amides is 1. The molecule has 104 valence electrons. The van der Waals surface area contributed by atoms with Gasteiger partial charge in [0.05, 0.1) is 5.69 Å². The molecule has 5 heteroatoms. The van der Waals surface area contributed by atoms with E-state index in [4.69, 9.17) is 9.52 Å². The summed E-state index contributed by atoms with van der Waals surface area (Å²) in [5.41, 5.74) is 2.26. The minimum atomic E-state index is -1.12. The van der Waals surface area contributed by atoms with Crippen molar-refractivity contribution in [2.24, 2.45) is 0 Å². The monoisotopic (exact) mass is 273 g/mol. The molecule has 2 aromatic rings. The third kappa shape index (κ3) is 2.88. The standard InChI is InChI=1S/C15H15NO4/c1-3-14(17)16-11-8-9(2)4-5-10(11)12-6-7-13(20-12)15(18)19/h4-8H,3H2,1-2H3,(H,16,17)(H,18,19). The summed E-state index contributed by atoms with van der Waals surface area (Å²) in [5.74, 6) is -0.952. The molecule has 20 heavy (non-hydrogen) atoms. The van der Waals surface area contributed by atoms with Crippen molar-refractivity contribution in [2.45, 2.75) is 20.3 Å².